The van der Waals surface area contributed by atoms with E-state index in [0.717, 1.165) is 5.92 Å². The second-order valence-corrected chi connectivity index (χ2v) is 2.95. The maximum Gasteiger partial charge on any atom is -0.0289 e. The first-order valence-electron chi connectivity index (χ1n) is 3.50. The molecule has 0 amide bonds. The van der Waals surface area contributed by atoms with E-state index in [1.165, 1.54) is 18.4 Å². The zero-order valence-corrected chi connectivity index (χ0v) is 7.41. The molecule has 0 nitrogen and oxygen atoms in total. The number of thiol groups is 1. The van der Waals surface area contributed by atoms with Crippen LogP contribution in [0.25, 0.3) is 0 Å². The first kappa shape index (κ1) is 9.09. The van der Waals surface area contributed by atoms with Crippen LogP contribution < -0.4 is 0 Å². The van der Waals surface area contributed by atoms with Gasteiger partial charge in [0.05, 0.1) is 0 Å². The van der Waals surface area contributed by atoms with Gasteiger partial charge in [-0.1, -0.05) is 25.8 Å². The molecular formula is C8H16S. The Morgan fingerprint density at radius 1 is 1.67 bits per heavy atom. The van der Waals surface area contributed by atoms with Crippen LogP contribution in [0.4, 0.5) is 0 Å². The van der Waals surface area contributed by atoms with Crippen molar-refractivity contribution in [3.63, 3.8) is 0 Å². The van der Waals surface area contributed by atoms with Crippen molar-refractivity contribution in [2.24, 2.45) is 5.92 Å². The van der Waals surface area contributed by atoms with E-state index in [4.69, 9.17) is 0 Å². The third-order valence-corrected chi connectivity index (χ3v) is 2.03. The zero-order valence-electron chi connectivity index (χ0n) is 6.52. The van der Waals surface area contributed by atoms with E-state index >= 15 is 0 Å². The Morgan fingerprint density at radius 2 is 2.22 bits per heavy atom. The van der Waals surface area contributed by atoms with Crippen LogP contribution in [0.5, 0.6) is 0 Å². The summed E-state index contributed by atoms with van der Waals surface area (Å²) in [6.45, 7) is 6.61. The van der Waals surface area contributed by atoms with Crippen LogP contribution in [0.15, 0.2) is 11.0 Å². The molecule has 0 aromatic heterocycles. The highest BCUT2D eigenvalue weighted by Crippen LogP contribution is 2.13. The topological polar surface area (TPSA) is 0 Å². The summed E-state index contributed by atoms with van der Waals surface area (Å²) < 4.78 is 0. The van der Waals surface area contributed by atoms with Gasteiger partial charge in [0, 0.05) is 0 Å². The quantitative estimate of drug-likeness (QED) is 0.577. The highest BCUT2D eigenvalue weighted by atomic mass is 32.1. The lowest BCUT2D eigenvalue weighted by atomic mass is 10.0. The first-order chi connectivity index (χ1) is 4.20. The van der Waals surface area contributed by atoms with Gasteiger partial charge in [-0.2, -0.15) is 12.6 Å². The predicted molar refractivity (Wildman–Crippen MR) is 46.8 cm³/mol. The van der Waals surface area contributed by atoms with Gasteiger partial charge in [-0.25, -0.2) is 0 Å². The van der Waals surface area contributed by atoms with Gasteiger partial charge in [-0.3, -0.25) is 0 Å². The fourth-order valence-electron chi connectivity index (χ4n) is 0.747. The van der Waals surface area contributed by atoms with Gasteiger partial charge >= 0.3 is 0 Å². The molecular weight excluding hydrogens is 128 g/mol. The Bertz CT molecular complexity index is 94.7. The fourth-order valence-corrected chi connectivity index (χ4v) is 0.852. The summed E-state index contributed by atoms with van der Waals surface area (Å²) in [4.78, 5) is 0. The summed E-state index contributed by atoms with van der Waals surface area (Å²) in [6, 6.07) is 0. The average Bonchev–Trinajstić information content (AvgIpc) is 1.87. The molecule has 0 heterocycles. The van der Waals surface area contributed by atoms with Crippen LogP contribution in [0.3, 0.4) is 0 Å². The molecule has 0 bridgehead atoms. The molecule has 0 aliphatic rings. The number of allylic oxidation sites excluding steroid dienone is 1. The van der Waals surface area contributed by atoms with Gasteiger partial charge in [-0.15, -0.1) is 0 Å². The maximum absolute atomic E-state index is 4.07. The van der Waals surface area contributed by atoms with Crippen molar-refractivity contribution in [3.8, 4) is 0 Å². The minimum atomic E-state index is 0.813. The van der Waals surface area contributed by atoms with Crippen LogP contribution in [0.2, 0.25) is 0 Å². The van der Waals surface area contributed by atoms with Gasteiger partial charge in [-0.05, 0) is 24.7 Å². The summed E-state index contributed by atoms with van der Waals surface area (Å²) >= 11 is 4.07. The largest absolute Gasteiger partial charge is 0.151 e. The second kappa shape index (κ2) is 4.92. The molecule has 0 rings (SSSR count). The van der Waals surface area contributed by atoms with Crippen molar-refractivity contribution in [1.82, 2.24) is 0 Å². The third-order valence-electron chi connectivity index (χ3n) is 1.59. The van der Waals surface area contributed by atoms with E-state index in [1.807, 2.05) is 5.41 Å². The monoisotopic (exact) mass is 144 g/mol. The van der Waals surface area contributed by atoms with Gasteiger partial charge in [0.15, 0.2) is 0 Å². The molecule has 54 valence electrons. The molecule has 0 aliphatic heterocycles. The van der Waals surface area contributed by atoms with E-state index in [1.54, 1.807) is 0 Å². The molecule has 0 spiro atoms. The first-order valence-corrected chi connectivity index (χ1v) is 4.02. The summed E-state index contributed by atoms with van der Waals surface area (Å²) in [5, 5.41) is 1.90. The lowest BCUT2D eigenvalue weighted by Gasteiger charge is -2.06. The highest BCUT2D eigenvalue weighted by molar-refractivity contribution is 7.83. The normalized spacial score (nSPS) is 15.8. The van der Waals surface area contributed by atoms with Crippen LogP contribution >= 0.6 is 12.6 Å². The van der Waals surface area contributed by atoms with Crippen molar-refractivity contribution in [2.45, 2.75) is 33.6 Å². The Kier molecular flexibility index (Phi) is 4.97. The number of hydrogen-bond acceptors (Lipinski definition) is 1. The number of rotatable bonds is 3. The van der Waals surface area contributed by atoms with Crippen LogP contribution in [0, 0.1) is 5.92 Å². The van der Waals surface area contributed by atoms with Crippen molar-refractivity contribution >= 4 is 12.6 Å². The standard InChI is InChI=1S/C8H16S/c1-4-7(2)5-8(3)6-9/h6-7,9H,4-5H2,1-3H3. The molecule has 1 unspecified atom stereocenters. The summed E-state index contributed by atoms with van der Waals surface area (Å²) in [5.41, 5.74) is 1.38. The van der Waals surface area contributed by atoms with E-state index in [-0.39, 0.29) is 0 Å². The van der Waals surface area contributed by atoms with Crippen LogP contribution in [0.1, 0.15) is 33.6 Å². The molecule has 1 atom stereocenters. The predicted octanol–water partition coefficient (Wildman–Crippen LogP) is 3.26. The highest BCUT2D eigenvalue weighted by Gasteiger charge is 1.97. The molecule has 0 saturated heterocycles. The Labute approximate surface area is 63.8 Å². The Morgan fingerprint density at radius 3 is 2.56 bits per heavy atom. The minimum Gasteiger partial charge on any atom is -0.151 e. The maximum atomic E-state index is 4.07. The molecule has 1 heteroatoms. The smallest absolute Gasteiger partial charge is 0.0289 e. The Hall–Kier alpha value is 0.0900. The molecule has 0 N–H and O–H groups in total. The van der Waals surface area contributed by atoms with E-state index in [0.29, 0.717) is 0 Å². The number of hydrogen-bond donors (Lipinski definition) is 1. The van der Waals surface area contributed by atoms with Gasteiger partial charge in [0.1, 0.15) is 0 Å². The summed E-state index contributed by atoms with van der Waals surface area (Å²) in [6.07, 6.45) is 2.46. The molecule has 9 heavy (non-hydrogen) atoms. The molecule has 0 saturated carbocycles. The van der Waals surface area contributed by atoms with E-state index in [9.17, 15) is 0 Å². The fraction of sp³-hybridized carbons (Fsp3) is 0.750. The minimum absolute atomic E-state index is 0.813. The van der Waals surface area contributed by atoms with Crippen molar-refractivity contribution in [3.05, 3.63) is 11.0 Å². The SMILES string of the molecule is CCC(C)CC(C)=CS. The molecule has 0 radical (unpaired) electrons. The molecule has 0 aromatic carbocycles. The second-order valence-electron chi connectivity index (χ2n) is 2.69. The zero-order chi connectivity index (χ0) is 7.28. The molecule has 0 fully saturated rings. The van der Waals surface area contributed by atoms with Crippen molar-refractivity contribution in [2.75, 3.05) is 0 Å². The summed E-state index contributed by atoms with van der Waals surface area (Å²) in [7, 11) is 0. The molecule has 0 aliphatic carbocycles. The average molecular weight is 144 g/mol. The van der Waals surface area contributed by atoms with Crippen LogP contribution in [-0.2, 0) is 0 Å². The lowest BCUT2D eigenvalue weighted by molar-refractivity contribution is 0.558. The van der Waals surface area contributed by atoms with Crippen molar-refractivity contribution < 1.29 is 0 Å². The third kappa shape index (κ3) is 4.58. The van der Waals surface area contributed by atoms with Crippen molar-refractivity contribution in [1.29, 1.82) is 0 Å². The van der Waals surface area contributed by atoms with Gasteiger partial charge in [0.25, 0.3) is 0 Å². The molecule has 0 aromatic rings. The lowest BCUT2D eigenvalue weighted by Crippen LogP contribution is -1.91. The Balaban J connectivity index is 3.47. The van der Waals surface area contributed by atoms with E-state index < -0.39 is 0 Å². The van der Waals surface area contributed by atoms with E-state index in [2.05, 4.69) is 33.4 Å². The summed E-state index contributed by atoms with van der Waals surface area (Å²) in [5.74, 6) is 0.813. The van der Waals surface area contributed by atoms with Gasteiger partial charge in [0.2, 0.25) is 0 Å². The van der Waals surface area contributed by atoms with Crippen LogP contribution in [-0.4, -0.2) is 0 Å². The van der Waals surface area contributed by atoms with Gasteiger partial charge < -0.3 is 0 Å².